The highest BCUT2D eigenvalue weighted by atomic mass is 16.5. The van der Waals surface area contributed by atoms with Gasteiger partial charge in [0.2, 0.25) is 0 Å². The Bertz CT molecular complexity index is 635. The van der Waals surface area contributed by atoms with Crippen molar-refractivity contribution in [3.05, 3.63) is 65.7 Å². The molecule has 0 aromatic heterocycles. The van der Waals surface area contributed by atoms with Gasteiger partial charge in [-0.15, -0.1) is 0 Å². The number of carbonyl (C=O) groups excluding carboxylic acids is 2. The van der Waals surface area contributed by atoms with E-state index in [-0.39, 0.29) is 5.78 Å². The molecule has 2 aromatic carbocycles. The van der Waals surface area contributed by atoms with E-state index in [0.717, 1.165) is 19.4 Å². The number of benzene rings is 2. The van der Waals surface area contributed by atoms with Crippen molar-refractivity contribution < 1.29 is 14.3 Å². The van der Waals surface area contributed by atoms with Crippen LogP contribution >= 0.6 is 0 Å². The molecule has 2 aromatic rings. The highest BCUT2D eigenvalue weighted by Gasteiger charge is 2.09. The maximum absolute atomic E-state index is 12.0. The van der Waals surface area contributed by atoms with Gasteiger partial charge in [0.05, 0.1) is 12.1 Å². The van der Waals surface area contributed by atoms with E-state index in [9.17, 15) is 9.59 Å². The Hall–Kier alpha value is -2.46. The maximum atomic E-state index is 12.0. The number of ether oxygens (including phenoxy) is 1. The summed E-state index contributed by atoms with van der Waals surface area (Å²) in [6.45, 7) is 3.27. The summed E-state index contributed by atoms with van der Waals surface area (Å²) in [6, 6.07) is 15.4. The summed E-state index contributed by atoms with van der Waals surface area (Å²) >= 11 is 0. The monoisotopic (exact) mass is 311 g/mol. The summed E-state index contributed by atoms with van der Waals surface area (Å²) in [5.41, 5.74) is 1.10. The minimum Gasteiger partial charge on any atom is -0.423 e. The van der Waals surface area contributed by atoms with E-state index in [1.54, 1.807) is 48.5 Å². The van der Waals surface area contributed by atoms with Crippen LogP contribution < -0.4 is 10.1 Å². The van der Waals surface area contributed by atoms with Gasteiger partial charge in [0, 0.05) is 5.56 Å². The second kappa shape index (κ2) is 8.86. The van der Waals surface area contributed by atoms with Crippen LogP contribution in [-0.4, -0.2) is 24.8 Å². The van der Waals surface area contributed by atoms with E-state index < -0.39 is 5.97 Å². The Morgan fingerprint density at radius 3 is 2.30 bits per heavy atom. The Balaban J connectivity index is 1.89. The van der Waals surface area contributed by atoms with Gasteiger partial charge in [-0.1, -0.05) is 31.5 Å². The molecule has 4 nitrogen and oxygen atoms in total. The molecule has 4 heteroatoms. The topological polar surface area (TPSA) is 55.4 Å². The van der Waals surface area contributed by atoms with Gasteiger partial charge in [-0.2, -0.15) is 0 Å². The van der Waals surface area contributed by atoms with Crippen LogP contribution in [0.2, 0.25) is 0 Å². The van der Waals surface area contributed by atoms with Crippen LogP contribution in [0.1, 0.15) is 40.5 Å². The minimum atomic E-state index is -0.411. The summed E-state index contributed by atoms with van der Waals surface area (Å²) < 4.78 is 5.28. The molecule has 0 unspecified atom stereocenters. The molecule has 0 fully saturated rings. The first-order valence-corrected chi connectivity index (χ1v) is 7.82. The summed E-state index contributed by atoms with van der Waals surface area (Å²) in [5, 5.41) is 3.12. The zero-order valence-electron chi connectivity index (χ0n) is 13.2. The van der Waals surface area contributed by atoms with Gasteiger partial charge < -0.3 is 10.1 Å². The van der Waals surface area contributed by atoms with Crippen molar-refractivity contribution in [2.24, 2.45) is 0 Å². The lowest BCUT2D eigenvalue weighted by Gasteiger charge is -2.06. The van der Waals surface area contributed by atoms with E-state index in [1.165, 1.54) is 0 Å². The SMILES string of the molecule is CCCCNCC(=O)c1ccc(OC(=O)c2ccccc2)cc1. The normalized spacial score (nSPS) is 10.3. The molecule has 0 saturated carbocycles. The first-order chi connectivity index (χ1) is 11.2. The fourth-order valence-corrected chi connectivity index (χ4v) is 2.05. The highest BCUT2D eigenvalue weighted by Crippen LogP contribution is 2.14. The van der Waals surface area contributed by atoms with Crippen LogP contribution in [0.25, 0.3) is 0 Å². The Kier molecular flexibility index (Phi) is 6.51. The number of nitrogens with one attached hydrogen (secondary N) is 1. The molecule has 0 spiro atoms. The second-order valence-electron chi connectivity index (χ2n) is 5.23. The molecule has 0 amide bonds. The van der Waals surface area contributed by atoms with Crippen molar-refractivity contribution in [1.82, 2.24) is 5.32 Å². The van der Waals surface area contributed by atoms with E-state index >= 15 is 0 Å². The van der Waals surface area contributed by atoms with Crippen LogP contribution in [0.4, 0.5) is 0 Å². The minimum absolute atomic E-state index is 0.0297. The largest absolute Gasteiger partial charge is 0.423 e. The first kappa shape index (κ1) is 16.9. The lowest BCUT2D eigenvalue weighted by atomic mass is 10.1. The third kappa shape index (κ3) is 5.34. The number of Topliss-reactive ketones (excluding diaryl/α,β-unsaturated/α-hetero) is 1. The standard InChI is InChI=1S/C19H21NO3/c1-2-3-13-20-14-18(21)15-9-11-17(12-10-15)23-19(22)16-7-5-4-6-8-16/h4-12,20H,2-3,13-14H2,1H3. The van der Waals surface area contributed by atoms with Gasteiger partial charge in [-0.25, -0.2) is 4.79 Å². The molecule has 0 aliphatic heterocycles. The molecule has 0 bridgehead atoms. The maximum Gasteiger partial charge on any atom is 0.343 e. The van der Waals surface area contributed by atoms with Crippen LogP contribution in [0.3, 0.4) is 0 Å². The Labute approximate surface area is 136 Å². The molecule has 120 valence electrons. The summed E-state index contributed by atoms with van der Waals surface area (Å²) in [5.74, 6) is 0.0438. The molecule has 0 aliphatic carbocycles. The van der Waals surface area contributed by atoms with E-state index in [0.29, 0.717) is 23.4 Å². The number of esters is 1. The zero-order valence-corrected chi connectivity index (χ0v) is 13.2. The van der Waals surface area contributed by atoms with Crippen molar-refractivity contribution in [1.29, 1.82) is 0 Å². The smallest absolute Gasteiger partial charge is 0.343 e. The van der Waals surface area contributed by atoms with Crippen molar-refractivity contribution in [2.45, 2.75) is 19.8 Å². The fraction of sp³-hybridized carbons (Fsp3) is 0.263. The van der Waals surface area contributed by atoms with Crippen molar-refractivity contribution in [3.63, 3.8) is 0 Å². The number of ketones is 1. The van der Waals surface area contributed by atoms with E-state index in [4.69, 9.17) is 4.74 Å². The lowest BCUT2D eigenvalue weighted by molar-refractivity contribution is 0.0734. The summed E-state index contributed by atoms with van der Waals surface area (Å²) in [4.78, 5) is 23.9. The average Bonchev–Trinajstić information content (AvgIpc) is 2.60. The van der Waals surface area contributed by atoms with E-state index in [2.05, 4.69) is 12.2 Å². The molecule has 1 N–H and O–H groups in total. The Morgan fingerprint density at radius 2 is 1.65 bits per heavy atom. The van der Waals surface area contributed by atoms with Gasteiger partial charge >= 0.3 is 5.97 Å². The second-order valence-corrected chi connectivity index (χ2v) is 5.23. The predicted octanol–water partition coefficient (Wildman–Crippen LogP) is 3.48. The number of hydrogen-bond donors (Lipinski definition) is 1. The highest BCUT2D eigenvalue weighted by molar-refractivity contribution is 5.97. The van der Waals surface area contributed by atoms with Crippen molar-refractivity contribution in [3.8, 4) is 5.75 Å². The molecular weight excluding hydrogens is 290 g/mol. The van der Waals surface area contributed by atoms with Crippen LogP contribution in [0.15, 0.2) is 54.6 Å². The zero-order chi connectivity index (χ0) is 16.5. The average molecular weight is 311 g/mol. The Morgan fingerprint density at radius 1 is 0.957 bits per heavy atom. The van der Waals surface area contributed by atoms with Gasteiger partial charge in [-0.3, -0.25) is 4.79 Å². The summed E-state index contributed by atoms with van der Waals surface area (Å²) in [7, 11) is 0. The van der Waals surface area contributed by atoms with E-state index in [1.807, 2.05) is 6.07 Å². The number of unbranched alkanes of at least 4 members (excludes halogenated alkanes) is 1. The fourth-order valence-electron chi connectivity index (χ4n) is 2.05. The van der Waals surface area contributed by atoms with Crippen molar-refractivity contribution >= 4 is 11.8 Å². The van der Waals surface area contributed by atoms with Crippen LogP contribution in [0, 0.1) is 0 Å². The first-order valence-electron chi connectivity index (χ1n) is 7.82. The number of hydrogen-bond acceptors (Lipinski definition) is 4. The van der Waals surface area contributed by atoms with Gasteiger partial charge in [0.15, 0.2) is 5.78 Å². The number of rotatable bonds is 8. The predicted molar refractivity (Wildman–Crippen MR) is 90.0 cm³/mol. The van der Waals surface area contributed by atoms with Crippen LogP contribution in [-0.2, 0) is 0 Å². The molecule has 0 radical (unpaired) electrons. The molecule has 0 aliphatic rings. The van der Waals surface area contributed by atoms with Gasteiger partial charge in [-0.05, 0) is 49.4 Å². The molecule has 23 heavy (non-hydrogen) atoms. The van der Waals surface area contributed by atoms with Crippen LogP contribution in [0.5, 0.6) is 5.75 Å². The quantitative estimate of drug-likeness (QED) is 0.351. The molecule has 2 rings (SSSR count). The van der Waals surface area contributed by atoms with Crippen molar-refractivity contribution in [2.75, 3.05) is 13.1 Å². The molecule has 0 saturated heterocycles. The molecule has 0 atom stereocenters. The third-order valence-electron chi connectivity index (χ3n) is 3.39. The molecular formula is C19H21NO3. The number of carbonyl (C=O) groups is 2. The van der Waals surface area contributed by atoms with Gasteiger partial charge in [0.25, 0.3) is 0 Å². The third-order valence-corrected chi connectivity index (χ3v) is 3.39. The molecule has 0 heterocycles. The van der Waals surface area contributed by atoms with Gasteiger partial charge in [0.1, 0.15) is 5.75 Å². The lowest BCUT2D eigenvalue weighted by Crippen LogP contribution is -2.23. The summed E-state index contributed by atoms with van der Waals surface area (Å²) in [6.07, 6.45) is 2.16.